The molecule has 1 unspecified atom stereocenters. The summed E-state index contributed by atoms with van der Waals surface area (Å²) < 4.78 is 62.9. The van der Waals surface area contributed by atoms with Crippen molar-refractivity contribution in [1.29, 1.82) is 0 Å². The summed E-state index contributed by atoms with van der Waals surface area (Å²) in [5.74, 6) is -1.83. The van der Waals surface area contributed by atoms with E-state index in [0.717, 1.165) is 19.9 Å². The van der Waals surface area contributed by atoms with Gasteiger partial charge in [0.1, 0.15) is 0 Å². The molecule has 1 aromatic heterocycles. The number of rotatable bonds is 7. The highest BCUT2D eigenvalue weighted by Gasteiger charge is 2.50. The molecular weight excluding hydrogens is 438 g/mol. The lowest BCUT2D eigenvalue weighted by Crippen LogP contribution is -2.45. The number of hydrogen-bond acceptors (Lipinski definition) is 8. The molecule has 12 heteroatoms. The van der Waals surface area contributed by atoms with Gasteiger partial charge >= 0.3 is 12.3 Å². The second-order valence-electron chi connectivity index (χ2n) is 7.77. The second kappa shape index (κ2) is 8.45. The summed E-state index contributed by atoms with van der Waals surface area (Å²) in [5, 5.41) is 28.7. The Bertz CT molecular complexity index is 967. The first-order valence-electron chi connectivity index (χ1n) is 9.63. The number of fused-ring (bicyclic) bond motifs is 1. The zero-order chi connectivity index (χ0) is 23.9. The zero-order valence-corrected chi connectivity index (χ0v) is 17.4. The number of halogens is 4. The van der Waals surface area contributed by atoms with Crippen LogP contribution in [-0.4, -0.2) is 55.9 Å². The summed E-state index contributed by atoms with van der Waals surface area (Å²) in [4.78, 5) is 3.72. The minimum atomic E-state index is -4.72. The number of nitrogens with one attached hydrogen (secondary N) is 1. The van der Waals surface area contributed by atoms with Crippen LogP contribution in [0, 0.1) is 5.82 Å². The van der Waals surface area contributed by atoms with Crippen LogP contribution in [0.1, 0.15) is 32.8 Å². The zero-order valence-electron chi connectivity index (χ0n) is 17.4. The molecule has 3 rings (SSSR count). The summed E-state index contributed by atoms with van der Waals surface area (Å²) >= 11 is 0. The summed E-state index contributed by atoms with van der Waals surface area (Å²) in [6.07, 6.45) is -1.30. The molecule has 8 nitrogen and oxygen atoms in total. The molecule has 1 atom stereocenters. The van der Waals surface area contributed by atoms with Gasteiger partial charge in [-0.05, 0) is 49.6 Å². The van der Waals surface area contributed by atoms with Crippen molar-refractivity contribution >= 4 is 5.57 Å². The molecule has 1 aromatic rings. The first kappa shape index (κ1) is 24.1. The second-order valence-corrected chi connectivity index (χ2v) is 7.77. The molecule has 2 aliphatic heterocycles. The number of aliphatic hydroxyl groups is 3. The Hall–Kier alpha value is -2.51. The fourth-order valence-electron chi connectivity index (χ4n) is 3.11. The molecule has 2 aliphatic rings. The third-order valence-electron chi connectivity index (χ3n) is 5.00. The van der Waals surface area contributed by atoms with Crippen LogP contribution in [0.4, 0.5) is 17.6 Å². The number of hydrazine groups is 1. The van der Waals surface area contributed by atoms with Gasteiger partial charge in [0.2, 0.25) is 0 Å². The van der Waals surface area contributed by atoms with Gasteiger partial charge in [-0.25, -0.2) is 14.8 Å². The van der Waals surface area contributed by atoms with Crippen molar-refractivity contribution in [2.45, 2.75) is 51.2 Å². The lowest BCUT2D eigenvalue weighted by Gasteiger charge is -2.28. The minimum Gasteiger partial charge on any atom is -0.460 e. The maximum absolute atomic E-state index is 14.5. The number of nitrogens with zero attached hydrogens (tertiary/aromatic N) is 2. The van der Waals surface area contributed by atoms with Crippen molar-refractivity contribution in [3.8, 4) is 5.88 Å². The van der Waals surface area contributed by atoms with Crippen LogP contribution in [0.3, 0.4) is 0 Å². The van der Waals surface area contributed by atoms with Crippen LogP contribution in [0.15, 0.2) is 41.9 Å². The predicted octanol–water partition coefficient (Wildman–Crippen LogP) is 2.31. The average Bonchev–Trinajstić information content (AvgIpc) is 3.03. The van der Waals surface area contributed by atoms with E-state index in [-0.39, 0.29) is 18.2 Å². The van der Waals surface area contributed by atoms with Crippen molar-refractivity contribution in [3.05, 3.63) is 53.3 Å². The van der Waals surface area contributed by atoms with E-state index >= 15 is 0 Å². The number of pyridine rings is 1. The maximum Gasteiger partial charge on any atom is 0.427 e. The predicted molar refractivity (Wildman–Crippen MR) is 103 cm³/mol. The molecule has 0 saturated heterocycles. The van der Waals surface area contributed by atoms with Crippen molar-refractivity contribution in [1.82, 2.24) is 15.4 Å². The molecule has 0 amide bonds. The molecule has 0 radical (unpaired) electrons. The third kappa shape index (κ3) is 5.10. The van der Waals surface area contributed by atoms with Crippen molar-refractivity contribution < 1.29 is 42.4 Å². The van der Waals surface area contributed by atoms with Crippen molar-refractivity contribution in [3.63, 3.8) is 0 Å². The Labute approximate surface area is 181 Å². The van der Waals surface area contributed by atoms with E-state index in [1.54, 1.807) is 23.4 Å². The Morgan fingerprint density at radius 3 is 2.47 bits per heavy atom. The van der Waals surface area contributed by atoms with E-state index in [2.05, 4.69) is 15.1 Å². The summed E-state index contributed by atoms with van der Waals surface area (Å²) in [6, 6.07) is 0.778. The smallest absolute Gasteiger partial charge is 0.427 e. The number of ether oxygens (including phenoxy) is 2. The highest BCUT2D eigenvalue weighted by atomic mass is 19.4. The van der Waals surface area contributed by atoms with Crippen LogP contribution in [0.25, 0.3) is 5.57 Å². The number of alkyl halides is 3. The lowest BCUT2D eigenvalue weighted by atomic mass is 10.00. The van der Waals surface area contributed by atoms with E-state index in [4.69, 9.17) is 20.1 Å². The largest absolute Gasteiger partial charge is 0.460 e. The van der Waals surface area contributed by atoms with E-state index in [1.807, 2.05) is 6.92 Å². The van der Waals surface area contributed by atoms with Crippen LogP contribution in [0.5, 0.6) is 5.88 Å². The van der Waals surface area contributed by atoms with E-state index in [0.29, 0.717) is 23.3 Å². The molecule has 0 fully saturated rings. The third-order valence-corrected chi connectivity index (χ3v) is 5.00. The number of aromatic nitrogens is 1. The van der Waals surface area contributed by atoms with E-state index < -0.39 is 29.6 Å². The van der Waals surface area contributed by atoms with Crippen LogP contribution < -0.4 is 10.2 Å². The summed E-state index contributed by atoms with van der Waals surface area (Å²) in [5.41, 5.74) is 2.45. The van der Waals surface area contributed by atoms with Gasteiger partial charge < -0.3 is 20.1 Å². The van der Waals surface area contributed by atoms with Gasteiger partial charge in [0, 0.05) is 18.0 Å². The molecule has 176 valence electrons. The normalized spacial score (nSPS) is 19.4. The lowest BCUT2D eigenvalue weighted by molar-refractivity contribution is -0.452. The quantitative estimate of drug-likeness (QED) is 0.362. The molecule has 0 aromatic carbocycles. The topological polar surface area (TPSA) is 107 Å². The van der Waals surface area contributed by atoms with Crippen LogP contribution in [-0.2, 0) is 4.74 Å². The summed E-state index contributed by atoms with van der Waals surface area (Å²) in [7, 11) is 0. The monoisotopic (exact) mass is 461 g/mol. The van der Waals surface area contributed by atoms with Gasteiger partial charge in [0.05, 0.1) is 18.3 Å². The van der Waals surface area contributed by atoms with Crippen molar-refractivity contribution in [2.75, 3.05) is 6.61 Å². The Morgan fingerprint density at radius 2 is 1.91 bits per heavy atom. The average molecular weight is 461 g/mol. The van der Waals surface area contributed by atoms with Crippen molar-refractivity contribution in [2.24, 2.45) is 0 Å². The molecule has 0 aliphatic carbocycles. The Morgan fingerprint density at radius 1 is 1.22 bits per heavy atom. The standard InChI is InChI=1S/C20H23F4N3O5/c1-4-15-13(10-31-20(28,29)30)16-8-11(5-6-27(16)26-15)12-7-14(21)17(25-9-12)32-18(2,3)19(22,23)24/h5-9,15,26,28-30H,4,10H2,1-3H3. The molecule has 0 bridgehead atoms. The Balaban J connectivity index is 1.90. The molecule has 4 N–H and O–H groups in total. The minimum absolute atomic E-state index is 0.233. The first-order chi connectivity index (χ1) is 14.7. The van der Waals surface area contributed by atoms with Gasteiger partial charge in [-0.15, -0.1) is 0 Å². The fourth-order valence-corrected chi connectivity index (χ4v) is 3.11. The SMILES string of the molecule is CCC1NN2C=CC(c3cnc(OC(C)(C)C(F)(F)F)c(F)c3)=CC2=C1COC(O)(O)O. The highest BCUT2D eigenvalue weighted by Crippen LogP contribution is 2.36. The highest BCUT2D eigenvalue weighted by molar-refractivity contribution is 5.77. The number of hydrogen-bond donors (Lipinski definition) is 4. The van der Waals surface area contributed by atoms with Gasteiger partial charge in [-0.3, -0.25) is 9.75 Å². The van der Waals surface area contributed by atoms with Gasteiger partial charge in [-0.1, -0.05) is 6.92 Å². The summed E-state index contributed by atoms with van der Waals surface area (Å²) in [6.45, 7) is 3.12. The van der Waals surface area contributed by atoms with E-state index in [9.17, 15) is 17.6 Å². The van der Waals surface area contributed by atoms with Crippen LogP contribution in [0.2, 0.25) is 0 Å². The molecule has 3 heterocycles. The number of allylic oxidation sites excluding steroid dienone is 3. The van der Waals surface area contributed by atoms with Gasteiger partial charge in [0.15, 0.2) is 11.4 Å². The van der Waals surface area contributed by atoms with Gasteiger partial charge in [0.25, 0.3) is 5.88 Å². The van der Waals surface area contributed by atoms with Gasteiger partial charge in [-0.2, -0.15) is 13.2 Å². The van der Waals surface area contributed by atoms with E-state index in [1.165, 1.54) is 6.20 Å². The Kier molecular flexibility index (Phi) is 6.37. The first-order valence-corrected chi connectivity index (χ1v) is 9.63. The molecule has 32 heavy (non-hydrogen) atoms. The molecule has 0 saturated carbocycles. The van der Waals surface area contributed by atoms with Crippen LogP contribution >= 0.6 is 0 Å². The molecular formula is C20H23F4N3O5. The fraction of sp³-hybridized carbons (Fsp3) is 0.450. The molecule has 0 spiro atoms. The maximum atomic E-state index is 14.5.